The highest BCUT2D eigenvalue weighted by Crippen LogP contribution is 2.20. The zero-order valence-electron chi connectivity index (χ0n) is 11.6. The molecular formula is C15H21ClN2O2. The molecule has 2 rings (SSSR count). The Kier molecular flexibility index (Phi) is 5.68. The second-order valence-electron chi connectivity index (χ2n) is 5.13. The number of hydrogen-bond donors (Lipinski definition) is 1. The fourth-order valence-electron chi connectivity index (χ4n) is 2.40. The van der Waals surface area contributed by atoms with E-state index in [1.54, 1.807) is 18.2 Å². The number of esters is 1. The van der Waals surface area contributed by atoms with Crippen LogP contribution in [0, 0.1) is 0 Å². The van der Waals surface area contributed by atoms with Crippen molar-refractivity contribution in [1.29, 1.82) is 0 Å². The zero-order valence-corrected chi connectivity index (χ0v) is 12.4. The van der Waals surface area contributed by atoms with Crippen LogP contribution in [0.2, 0.25) is 5.02 Å². The number of halogens is 1. The molecule has 0 bridgehead atoms. The summed E-state index contributed by atoms with van der Waals surface area (Å²) in [6, 6.07) is 4.82. The highest BCUT2D eigenvalue weighted by Gasteiger charge is 2.13. The summed E-state index contributed by atoms with van der Waals surface area (Å²) in [6.07, 6.45) is 5.07. The predicted molar refractivity (Wildman–Crippen MR) is 81.1 cm³/mol. The molecular weight excluding hydrogens is 276 g/mol. The Bertz CT molecular complexity index is 457. The molecule has 1 aromatic rings. The van der Waals surface area contributed by atoms with E-state index in [0.29, 0.717) is 22.9 Å². The number of hydrogen-bond acceptors (Lipinski definition) is 4. The summed E-state index contributed by atoms with van der Waals surface area (Å²) in [5.74, 6) is -0.384. The van der Waals surface area contributed by atoms with Gasteiger partial charge in [0, 0.05) is 12.2 Å². The maximum atomic E-state index is 11.9. The summed E-state index contributed by atoms with van der Waals surface area (Å²) < 4.78 is 5.29. The van der Waals surface area contributed by atoms with Crippen molar-refractivity contribution in [3.05, 3.63) is 28.8 Å². The smallest absolute Gasteiger partial charge is 0.339 e. The second-order valence-corrected chi connectivity index (χ2v) is 5.54. The van der Waals surface area contributed by atoms with E-state index in [9.17, 15) is 4.79 Å². The molecule has 5 heteroatoms. The first-order valence-electron chi connectivity index (χ1n) is 7.11. The average Bonchev–Trinajstić information content (AvgIpc) is 2.67. The van der Waals surface area contributed by atoms with Crippen molar-refractivity contribution in [3.63, 3.8) is 0 Å². The maximum absolute atomic E-state index is 11.9. The number of carbonyl (C=O) groups excluding carboxylic acids is 1. The van der Waals surface area contributed by atoms with Crippen LogP contribution in [0.3, 0.4) is 0 Å². The average molecular weight is 297 g/mol. The third kappa shape index (κ3) is 4.39. The van der Waals surface area contributed by atoms with Crippen LogP contribution in [-0.2, 0) is 4.74 Å². The summed E-state index contributed by atoms with van der Waals surface area (Å²) in [7, 11) is 0. The number of ether oxygens (including phenoxy) is 1. The van der Waals surface area contributed by atoms with Gasteiger partial charge in [-0.25, -0.2) is 4.79 Å². The fraction of sp³-hybridized carbons (Fsp3) is 0.533. The van der Waals surface area contributed by atoms with Gasteiger partial charge in [-0.15, -0.1) is 0 Å². The summed E-state index contributed by atoms with van der Waals surface area (Å²) >= 11 is 5.98. The molecule has 1 heterocycles. The van der Waals surface area contributed by atoms with Crippen LogP contribution in [0.15, 0.2) is 18.2 Å². The van der Waals surface area contributed by atoms with Gasteiger partial charge >= 0.3 is 5.97 Å². The molecule has 0 aliphatic carbocycles. The summed E-state index contributed by atoms with van der Waals surface area (Å²) in [5, 5.41) is 0.338. The highest BCUT2D eigenvalue weighted by molar-refractivity contribution is 6.33. The van der Waals surface area contributed by atoms with Crippen LogP contribution in [0.4, 0.5) is 5.69 Å². The van der Waals surface area contributed by atoms with Crippen molar-refractivity contribution < 1.29 is 9.53 Å². The lowest BCUT2D eigenvalue weighted by molar-refractivity contribution is 0.0463. The Morgan fingerprint density at radius 1 is 1.25 bits per heavy atom. The van der Waals surface area contributed by atoms with Gasteiger partial charge in [-0.05, 0) is 44.1 Å². The molecule has 0 unspecified atom stereocenters. The van der Waals surface area contributed by atoms with Crippen LogP contribution in [0.25, 0.3) is 0 Å². The molecule has 4 nitrogen and oxygen atoms in total. The zero-order chi connectivity index (χ0) is 14.4. The molecule has 110 valence electrons. The van der Waals surface area contributed by atoms with Crippen molar-refractivity contribution in [1.82, 2.24) is 4.90 Å². The van der Waals surface area contributed by atoms with E-state index in [-0.39, 0.29) is 5.97 Å². The molecule has 1 fully saturated rings. The topological polar surface area (TPSA) is 55.6 Å². The lowest BCUT2D eigenvalue weighted by atomic mass is 10.2. The molecule has 0 atom stereocenters. The number of nitrogens with two attached hydrogens (primary N) is 1. The molecule has 0 aromatic heterocycles. The van der Waals surface area contributed by atoms with Gasteiger partial charge in [0.1, 0.15) is 6.61 Å². The number of nitrogen functional groups attached to an aromatic ring is 1. The Labute approximate surface area is 124 Å². The largest absolute Gasteiger partial charge is 0.461 e. The van der Waals surface area contributed by atoms with Crippen LogP contribution >= 0.6 is 11.6 Å². The number of benzene rings is 1. The first-order chi connectivity index (χ1) is 9.66. The molecule has 20 heavy (non-hydrogen) atoms. The lowest BCUT2D eigenvalue weighted by Crippen LogP contribution is -2.29. The van der Waals surface area contributed by atoms with Gasteiger partial charge in [-0.2, -0.15) is 0 Å². The molecule has 0 spiro atoms. The minimum atomic E-state index is -0.384. The molecule has 0 saturated carbocycles. The molecule has 1 saturated heterocycles. The molecule has 0 amide bonds. The summed E-state index contributed by atoms with van der Waals surface area (Å²) in [4.78, 5) is 14.3. The van der Waals surface area contributed by atoms with Crippen LogP contribution in [0.5, 0.6) is 0 Å². The minimum absolute atomic E-state index is 0.338. The van der Waals surface area contributed by atoms with Gasteiger partial charge in [0.25, 0.3) is 0 Å². The lowest BCUT2D eigenvalue weighted by Gasteiger charge is -2.19. The number of likely N-dealkylation sites (tertiary alicyclic amines) is 1. The second kappa shape index (κ2) is 7.50. The molecule has 1 aliphatic rings. The van der Waals surface area contributed by atoms with Crippen molar-refractivity contribution in [2.75, 3.05) is 32.0 Å². The van der Waals surface area contributed by atoms with Gasteiger partial charge in [0.15, 0.2) is 0 Å². The van der Waals surface area contributed by atoms with Gasteiger partial charge in [0.05, 0.1) is 10.6 Å². The van der Waals surface area contributed by atoms with E-state index in [4.69, 9.17) is 22.1 Å². The minimum Gasteiger partial charge on any atom is -0.461 e. The van der Waals surface area contributed by atoms with Crippen LogP contribution in [0.1, 0.15) is 36.0 Å². The Hall–Kier alpha value is -1.26. The molecule has 0 radical (unpaired) electrons. The third-order valence-corrected chi connectivity index (χ3v) is 3.87. The van der Waals surface area contributed by atoms with E-state index >= 15 is 0 Å². The standard InChI is InChI=1S/C15H21ClN2O2/c16-14-11-12(17)5-6-13(14)15(19)20-10-9-18-7-3-1-2-4-8-18/h5-6,11H,1-4,7-10,17H2. The molecule has 2 N–H and O–H groups in total. The van der Waals surface area contributed by atoms with Gasteiger partial charge in [0.2, 0.25) is 0 Å². The van der Waals surface area contributed by atoms with E-state index in [1.807, 2.05) is 0 Å². The normalized spacial score (nSPS) is 16.6. The van der Waals surface area contributed by atoms with Crippen LogP contribution in [-0.4, -0.2) is 37.1 Å². The quantitative estimate of drug-likeness (QED) is 0.685. The van der Waals surface area contributed by atoms with Gasteiger partial charge < -0.3 is 10.5 Å². The summed E-state index contributed by atoms with van der Waals surface area (Å²) in [5.41, 5.74) is 6.51. The molecule has 1 aromatic carbocycles. The SMILES string of the molecule is Nc1ccc(C(=O)OCCN2CCCCCC2)c(Cl)c1. The van der Waals surface area contributed by atoms with Gasteiger partial charge in [-0.3, -0.25) is 4.90 Å². The Morgan fingerprint density at radius 2 is 1.95 bits per heavy atom. The van der Waals surface area contributed by atoms with E-state index in [2.05, 4.69) is 4.90 Å². The highest BCUT2D eigenvalue weighted by atomic mass is 35.5. The molecule has 1 aliphatic heterocycles. The fourth-order valence-corrected chi connectivity index (χ4v) is 2.67. The van der Waals surface area contributed by atoms with E-state index in [1.165, 1.54) is 25.7 Å². The van der Waals surface area contributed by atoms with Crippen molar-refractivity contribution in [2.24, 2.45) is 0 Å². The number of carbonyl (C=O) groups is 1. The Balaban J connectivity index is 1.79. The monoisotopic (exact) mass is 296 g/mol. The summed E-state index contributed by atoms with van der Waals surface area (Å²) in [6.45, 7) is 3.39. The van der Waals surface area contributed by atoms with Gasteiger partial charge in [-0.1, -0.05) is 24.4 Å². The number of rotatable bonds is 4. The van der Waals surface area contributed by atoms with E-state index in [0.717, 1.165) is 19.6 Å². The third-order valence-electron chi connectivity index (χ3n) is 3.55. The number of nitrogens with zero attached hydrogens (tertiary/aromatic N) is 1. The number of anilines is 1. The van der Waals surface area contributed by atoms with Crippen molar-refractivity contribution in [3.8, 4) is 0 Å². The predicted octanol–water partition coefficient (Wildman–Crippen LogP) is 2.96. The van der Waals surface area contributed by atoms with Crippen LogP contribution < -0.4 is 5.73 Å². The van der Waals surface area contributed by atoms with Crippen molar-refractivity contribution in [2.45, 2.75) is 25.7 Å². The van der Waals surface area contributed by atoms with Crippen molar-refractivity contribution >= 4 is 23.3 Å². The maximum Gasteiger partial charge on any atom is 0.339 e. The first kappa shape index (κ1) is 15.1. The van der Waals surface area contributed by atoms with E-state index < -0.39 is 0 Å². The first-order valence-corrected chi connectivity index (χ1v) is 7.49. The Morgan fingerprint density at radius 3 is 2.60 bits per heavy atom.